The summed E-state index contributed by atoms with van der Waals surface area (Å²) < 4.78 is 45.7. The van der Waals surface area contributed by atoms with E-state index in [9.17, 15) is 27.9 Å². The first-order valence-corrected chi connectivity index (χ1v) is 11.2. The minimum Gasteiger partial charge on any atom is -0.507 e. The number of alkyl halides is 3. The number of anilines is 1. The number of Topliss-reactive ketones (excluding diaryl/α,β-unsaturated/α-hetero) is 1. The van der Waals surface area contributed by atoms with E-state index < -0.39 is 35.2 Å². The van der Waals surface area contributed by atoms with E-state index in [-0.39, 0.29) is 27.6 Å². The zero-order valence-electron chi connectivity index (χ0n) is 19.5. The van der Waals surface area contributed by atoms with Gasteiger partial charge in [-0.1, -0.05) is 47.5 Å². The molecule has 186 valence electrons. The van der Waals surface area contributed by atoms with Gasteiger partial charge in [-0.05, 0) is 55.3 Å². The summed E-state index contributed by atoms with van der Waals surface area (Å²) in [6, 6.07) is 12.9. The van der Waals surface area contributed by atoms with Crippen molar-refractivity contribution in [1.82, 2.24) is 0 Å². The molecule has 1 aliphatic heterocycles. The molecule has 0 saturated carbocycles. The van der Waals surface area contributed by atoms with Crippen LogP contribution >= 0.6 is 11.6 Å². The summed E-state index contributed by atoms with van der Waals surface area (Å²) in [5, 5.41) is 11.6. The van der Waals surface area contributed by atoms with E-state index in [1.54, 1.807) is 50.2 Å². The number of amides is 1. The Kier molecular flexibility index (Phi) is 6.58. The molecule has 1 N–H and O–H groups in total. The summed E-state index contributed by atoms with van der Waals surface area (Å²) in [7, 11) is 1.34. The molecule has 9 heteroatoms. The van der Waals surface area contributed by atoms with Gasteiger partial charge in [-0.2, -0.15) is 13.2 Å². The third kappa shape index (κ3) is 4.44. The lowest BCUT2D eigenvalue weighted by molar-refractivity contribution is -0.137. The maximum atomic E-state index is 13.4. The lowest BCUT2D eigenvalue weighted by Gasteiger charge is -2.26. The maximum absolute atomic E-state index is 13.4. The standard InChI is InChI=1S/C27H21ClF3NO4/c1-14-6-4-7-16(10-14)22-21(23(33)19-11-15(2)12-20(28)25(19)36-3)24(34)26(35)32(22)18-9-5-8-17(13-18)27(29,30)31/h4-13,22,33H,1-3H3/b23-21+. The molecule has 1 aliphatic rings. The normalized spacial score (nSPS) is 17.5. The Labute approximate surface area is 210 Å². The van der Waals surface area contributed by atoms with Crippen molar-refractivity contribution < 1.29 is 32.6 Å². The van der Waals surface area contributed by atoms with Crippen molar-refractivity contribution in [3.63, 3.8) is 0 Å². The van der Waals surface area contributed by atoms with Crippen LogP contribution in [-0.2, 0) is 15.8 Å². The van der Waals surface area contributed by atoms with Gasteiger partial charge in [-0.15, -0.1) is 0 Å². The first-order chi connectivity index (χ1) is 16.9. The Morgan fingerprint density at radius 1 is 1.00 bits per heavy atom. The van der Waals surface area contributed by atoms with Crippen LogP contribution in [0.25, 0.3) is 5.76 Å². The third-order valence-corrected chi connectivity index (χ3v) is 6.18. The average Bonchev–Trinajstić information content (AvgIpc) is 3.08. The van der Waals surface area contributed by atoms with Crippen LogP contribution in [0.4, 0.5) is 18.9 Å². The third-order valence-electron chi connectivity index (χ3n) is 5.90. The van der Waals surface area contributed by atoms with Gasteiger partial charge in [0.15, 0.2) is 0 Å². The van der Waals surface area contributed by atoms with Crippen LogP contribution in [0.5, 0.6) is 5.75 Å². The van der Waals surface area contributed by atoms with Gasteiger partial charge in [0.25, 0.3) is 11.7 Å². The van der Waals surface area contributed by atoms with Gasteiger partial charge in [0.2, 0.25) is 0 Å². The minimum absolute atomic E-state index is 0.0854. The second-order valence-corrected chi connectivity index (χ2v) is 8.87. The lowest BCUT2D eigenvalue weighted by atomic mass is 9.93. The number of carbonyl (C=O) groups is 2. The van der Waals surface area contributed by atoms with Crippen molar-refractivity contribution in [2.75, 3.05) is 12.0 Å². The zero-order valence-corrected chi connectivity index (χ0v) is 20.2. The molecule has 1 amide bonds. The van der Waals surface area contributed by atoms with Crippen LogP contribution in [0.2, 0.25) is 5.02 Å². The molecule has 5 nitrogen and oxygen atoms in total. The topological polar surface area (TPSA) is 66.8 Å². The molecule has 36 heavy (non-hydrogen) atoms. The molecule has 1 saturated heterocycles. The van der Waals surface area contributed by atoms with Crippen LogP contribution in [0.1, 0.15) is 33.9 Å². The molecule has 1 atom stereocenters. The number of aliphatic hydroxyl groups excluding tert-OH is 1. The predicted octanol–water partition coefficient (Wildman–Crippen LogP) is 6.61. The number of aryl methyl sites for hydroxylation is 2. The number of hydrogen-bond acceptors (Lipinski definition) is 4. The van der Waals surface area contributed by atoms with Gasteiger partial charge < -0.3 is 9.84 Å². The number of rotatable bonds is 4. The molecule has 0 aromatic heterocycles. The monoisotopic (exact) mass is 515 g/mol. The van der Waals surface area contributed by atoms with Crippen molar-refractivity contribution >= 4 is 34.7 Å². The number of ether oxygens (including phenoxy) is 1. The largest absolute Gasteiger partial charge is 0.507 e. The summed E-state index contributed by atoms with van der Waals surface area (Å²) in [4.78, 5) is 27.6. The summed E-state index contributed by atoms with van der Waals surface area (Å²) in [6.07, 6.45) is -4.66. The smallest absolute Gasteiger partial charge is 0.416 e. The molecular formula is C27H21ClF3NO4. The minimum atomic E-state index is -4.66. The molecule has 1 unspecified atom stereocenters. The van der Waals surface area contributed by atoms with E-state index in [2.05, 4.69) is 0 Å². The van der Waals surface area contributed by atoms with Crippen molar-refractivity contribution in [3.05, 3.63) is 99.1 Å². The summed E-state index contributed by atoms with van der Waals surface area (Å²) >= 11 is 6.28. The number of nitrogens with zero attached hydrogens (tertiary/aromatic N) is 1. The second-order valence-electron chi connectivity index (χ2n) is 8.46. The van der Waals surface area contributed by atoms with E-state index in [4.69, 9.17) is 16.3 Å². The van der Waals surface area contributed by atoms with Crippen molar-refractivity contribution in [2.24, 2.45) is 0 Å². The molecule has 3 aromatic carbocycles. The summed E-state index contributed by atoms with van der Waals surface area (Å²) in [6.45, 7) is 3.52. The lowest BCUT2D eigenvalue weighted by Crippen LogP contribution is -2.29. The van der Waals surface area contributed by atoms with Gasteiger partial charge in [0.05, 0.1) is 34.9 Å². The highest BCUT2D eigenvalue weighted by Gasteiger charge is 2.47. The Balaban J connectivity index is 2.02. The van der Waals surface area contributed by atoms with Crippen LogP contribution in [0, 0.1) is 13.8 Å². The van der Waals surface area contributed by atoms with Gasteiger partial charge >= 0.3 is 6.18 Å². The van der Waals surface area contributed by atoms with E-state index in [0.29, 0.717) is 11.1 Å². The van der Waals surface area contributed by atoms with Crippen molar-refractivity contribution in [1.29, 1.82) is 0 Å². The molecule has 1 fully saturated rings. The van der Waals surface area contributed by atoms with Gasteiger partial charge in [-0.25, -0.2) is 0 Å². The molecule has 1 heterocycles. The highest BCUT2D eigenvalue weighted by atomic mass is 35.5. The molecule has 0 radical (unpaired) electrons. The first-order valence-electron chi connectivity index (χ1n) is 10.8. The number of halogens is 4. The molecule has 3 aromatic rings. The number of aliphatic hydroxyl groups is 1. The summed E-state index contributed by atoms with van der Waals surface area (Å²) in [5.74, 6) is -2.57. The van der Waals surface area contributed by atoms with E-state index in [1.165, 1.54) is 13.2 Å². The Bertz CT molecular complexity index is 1410. The number of benzene rings is 3. The van der Waals surface area contributed by atoms with Gasteiger partial charge in [0, 0.05) is 5.69 Å². The average molecular weight is 516 g/mol. The van der Waals surface area contributed by atoms with Crippen molar-refractivity contribution in [3.8, 4) is 5.75 Å². The Morgan fingerprint density at radius 2 is 1.69 bits per heavy atom. The maximum Gasteiger partial charge on any atom is 0.416 e. The fraction of sp³-hybridized carbons (Fsp3) is 0.185. The molecule has 4 rings (SSSR count). The van der Waals surface area contributed by atoms with E-state index in [0.717, 1.165) is 28.7 Å². The van der Waals surface area contributed by atoms with Gasteiger partial charge in [-0.3, -0.25) is 14.5 Å². The predicted molar refractivity (Wildman–Crippen MR) is 130 cm³/mol. The first kappa shape index (κ1) is 25.3. The van der Waals surface area contributed by atoms with E-state index >= 15 is 0 Å². The van der Waals surface area contributed by atoms with Gasteiger partial charge in [0.1, 0.15) is 11.5 Å². The SMILES string of the molecule is COc1c(Cl)cc(C)cc1/C(O)=C1\C(=O)C(=O)N(c2cccc(C(F)(F)F)c2)C1c1cccc(C)c1. The molecule has 0 bridgehead atoms. The number of carbonyl (C=O) groups excluding carboxylic acids is 2. The molecular weight excluding hydrogens is 495 g/mol. The Morgan fingerprint density at radius 3 is 2.33 bits per heavy atom. The van der Waals surface area contributed by atoms with Crippen LogP contribution < -0.4 is 9.64 Å². The highest BCUT2D eigenvalue weighted by molar-refractivity contribution is 6.51. The summed E-state index contributed by atoms with van der Waals surface area (Å²) in [5.41, 5.74) is 0.569. The van der Waals surface area contributed by atoms with Crippen LogP contribution in [0.15, 0.2) is 66.2 Å². The second kappa shape index (κ2) is 9.35. The van der Waals surface area contributed by atoms with E-state index in [1.807, 2.05) is 0 Å². The fourth-order valence-corrected chi connectivity index (χ4v) is 4.69. The number of hydrogen-bond donors (Lipinski definition) is 1. The van der Waals surface area contributed by atoms with Crippen LogP contribution in [0.3, 0.4) is 0 Å². The number of ketones is 1. The molecule has 0 aliphatic carbocycles. The van der Waals surface area contributed by atoms with Crippen molar-refractivity contribution in [2.45, 2.75) is 26.1 Å². The fourth-order valence-electron chi connectivity index (χ4n) is 4.34. The van der Waals surface area contributed by atoms with Crippen LogP contribution in [-0.4, -0.2) is 23.9 Å². The molecule has 0 spiro atoms. The quantitative estimate of drug-likeness (QED) is 0.241. The zero-order chi connectivity index (χ0) is 26.4. The highest BCUT2D eigenvalue weighted by Crippen LogP contribution is 2.45. The Hall–Kier alpha value is -3.78. The number of methoxy groups -OCH3 is 1.